The molecule has 1 heterocycles. The van der Waals surface area contributed by atoms with Crippen molar-refractivity contribution in [3.05, 3.63) is 170 Å². The monoisotopic (exact) mass is 612 g/mol. The summed E-state index contributed by atoms with van der Waals surface area (Å²) in [6, 6.07) is 62.7. The van der Waals surface area contributed by atoms with Gasteiger partial charge in [0.05, 0.1) is 0 Å². The molecule has 10 aromatic rings. The van der Waals surface area contributed by atoms with Crippen LogP contribution in [0.5, 0.6) is 0 Å². The average Bonchev–Trinajstić information content (AvgIpc) is 3.51. The van der Waals surface area contributed by atoms with Crippen molar-refractivity contribution in [3.8, 4) is 33.4 Å². The number of fused-ring (bicyclic) bond motifs is 8. The molecule has 9 aromatic carbocycles. The summed E-state index contributed by atoms with van der Waals surface area (Å²) in [6.45, 7) is 0. The summed E-state index contributed by atoms with van der Waals surface area (Å²) in [6.07, 6.45) is 0. The summed E-state index contributed by atoms with van der Waals surface area (Å²) >= 11 is 1.88. The molecule has 0 aliphatic rings. The van der Waals surface area contributed by atoms with Crippen LogP contribution in [0.3, 0.4) is 0 Å². The highest BCUT2D eigenvalue weighted by Gasteiger charge is 2.18. The molecule has 1 heteroatoms. The van der Waals surface area contributed by atoms with Gasteiger partial charge in [-0.1, -0.05) is 140 Å². The van der Waals surface area contributed by atoms with Crippen LogP contribution in [0.25, 0.3) is 96.6 Å². The molecule has 47 heavy (non-hydrogen) atoms. The van der Waals surface area contributed by atoms with E-state index < -0.39 is 0 Å². The van der Waals surface area contributed by atoms with Crippen LogP contribution in [-0.2, 0) is 0 Å². The van der Waals surface area contributed by atoms with E-state index in [-0.39, 0.29) is 0 Å². The lowest BCUT2D eigenvalue weighted by molar-refractivity contribution is 1.66. The molecule has 0 radical (unpaired) electrons. The summed E-state index contributed by atoms with van der Waals surface area (Å²) in [4.78, 5) is 0. The van der Waals surface area contributed by atoms with Crippen molar-refractivity contribution < 1.29 is 0 Å². The minimum atomic E-state index is 1.25. The normalized spacial score (nSPS) is 11.8. The Morgan fingerprint density at radius 3 is 1.38 bits per heavy atom. The summed E-state index contributed by atoms with van der Waals surface area (Å²) in [7, 11) is 0. The summed E-state index contributed by atoms with van der Waals surface area (Å²) in [5, 5.41) is 12.9. The highest BCUT2D eigenvalue weighted by molar-refractivity contribution is 7.25. The third kappa shape index (κ3) is 4.07. The molecule has 1 aromatic heterocycles. The maximum Gasteiger partial charge on any atom is 0.0355 e. The van der Waals surface area contributed by atoms with Crippen LogP contribution >= 0.6 is 11.3 Å². The fourth-order valence-corrected chi connectivity index (χ4v) is 8.82. The number of hydrogen-bond donors (Lipinski definition) is 0. The van der Waals surface area contributed by atoms with Crippen LogP contribution in [0.4, 0.5) is 0 Å². The fraction of sp³-hybridized carbons (Fsp3) is 0. The largest absolute Gasteiger partial charge is 0.135 e. The number of rotatable bonds is 3. The Morgan fingerprint density at radius 2 is 0.745 bits per heavy atom. The predicted octanol–water partition coefficient (Wildman–Crippen LogP) is 13.7. The molecule has 10 rings (SSSR count). The van der Waals surface area contributed by atoms with Crippen LogP contribution in [0, 0.1) is 0 Å². The molecule has 0 unspecified atom stereocenters. The molecule has 0 N–H and O–H groups in total. The molecule has 218 valence electrons. The lowest BCUT2D eigenvalue weighted by atomic mass is 9.86. The van der Waals surface area contributed by atoms with Gasteiger partial charge >= 0.3 is 0 Å². The van der Waals surface area contributed by atoms with Crippen LogP contribution in [0.2, 0.25) is 0 Å². The van der Waals surface area contributed by atoms with Gasteiger partial charge in [0, 0.05) is 20.2 Å². The van der Waals surface area contributed by atoms with Crippen molar-refractivity contribution in [3.63, 3.8) is 0 Å². The summed E-state index contributed by atoms with van der Waals surface area (Å²) in [5.41, 5.74) is 7.65. The van der Waals surface area contributed by atoms with Gasteiger partial charge in [-0.3, -0.25) is 0 Å². The minimum Gasteiger partial charge on any atom is -0.135 e. The molecular formula is C46H28S. The Morgan fingerprint density at radius 1 is 0.277 bits per heavy atom. The first-order valence-corrected chi connectivity index (χ1v) is 17.0. The Bertz CT molecular complexity index is 2780. The first-order chi connectivity index (χ1) is 23.3. The van der Waals surface area contributed by atoms with E-state index in [0.717, 1.165) is 0 Å². The Hall–Kier alpha value is -5.76. The van der Waals surface area contributed by atoms with Gasteiger partial charge in [-0.15, -0.1) is 11.3 Å². The van der Waals surface area contributed by atoms with Crippen LogP contribution in [0.1, 0.15) is 0 Å². The summed E-state index contributed by atoms with van der Waals surface area (Å²) < 4.78 is 2.64. The fourth-order valence-electron chi connectivity index (χ4n) is 7.75. The van der Waals surface area contributed by atoms with Gasteiger partial charge in [0.25, 0.3) is 0 Å². The highest BCUT2D eigenvalue weighted by Crippen LogP contribution is 2.46. The molecule has 0 fully saturated rings. The van der Waals surface area contributed by atoms with Gasteiger partial charge < -0.3 is 0 Å². The molecule has 0 nitrogen and oxygen atoms in total. The topological polar surface area (TPSA) is 0 Å². The second-order valence-corrected chi connectivity index (χ2v) is 13.5. The number of thiophene rings is 1. The van der Waals surface area contributed by atoms with Crippen LogP contribution in [-0.4, -0.2) is 0 Å². The van der Waals surface area contributed by atoms with E-state index in [4.69, 9.17) is 0 Å². The third-order valence-electron chi connectivity index (χ3n) is 9.83. The second-order valence-electron chi connectivity index (χ2n) is 12.4. The van der Waals surface area contributed by atoms with Gasteiger partial charge in [-0.05, 0) is 107 Å². The molecular weight excluding hydrogens is 585 g/mol. The zero-order valence-electron chi connectivity index (χ0n) is 25.6. The number of hydrogen-bond acceptors (Lipinski definition) is 1. The van der Waals surface area contributed by atoms with E-state index in [1.165, 1.54) is 96.6 Å². The zero-order valence-corrected chi connectivity index (χ0v) is 26.4. The first kappa shape index (κ1) is 26.5. The highest BCUT2D eigenvalue weighted by atomic mass is 32.1. The Labute approximate surface area is 276 Å². The summed E-state index contributed by atoms with van der Waals surface area (Å²) in [5.74, 6) is 0. The smallest absolute Gasteiger partial charge is 0.0355 e. The molecule has 0 spiro atoms. The van der Waals surface area contributed by atoms with E-state index in [2.05, 4.69) is 170 Å². The SMILES string of the molecule is c1ccc(-c2c3ccccc3c(-c3ccc4sc5ccc(-c6cc7ccccc7c7ccccc67)cc5c4c3)c3ccccc23)cc1. The lowest BCUT2D eigenvalue weighted by Crippen LogP contribution is -1.90. The van der Waals surface area contributed by atoms with Crippen LogP contribution < -0.4 is 0 Å². The Kier molecular flexibility index (Phi) is 5.85. The zero-order chi connectivity index (χ0) is 30.9. The van der Waals surface area contributed by atoms with E-state index in [0.29, 0.717) is 0 Å². The van der Waals surface area contributed by atoms with Gasteiger partial charge in [0.15, 0.2) is 0 Å². The van der Waals surface area contributed by atoms with E-state index in [1.54, 1.807) is 0 Å². The predicted molar refractivity (Wildman–Crippen MR) is 206 cm³/mol. The van der Waals surface area contributed by atoms with Crippen molar-refractivity contribution in [2.24, 2.45) is 0 Å². The van der Waals surface area contributed by atoms with Crippen molar-refractivity contribution in [1.82, 2.24) is 0 Å². The standard InChI is InChI=1S/C46H28S/c1-2-12-29(13-3-1)45-36-18-8-10-20-38(36)46(39-21-11-9-19-37(39)45)32-23-25-44-42(28-32)41-27-31(22-24-43(41)47-44)40-26-30-14-4-5-15-33(30)34-16-6-7-17-35(34)40/h1-28H. The van der Waals surface area contributed by atoms with Crippen molar-refractivity contribution in [1.29, 1.82) is 0 Å². The maximum absolute atomic E-state index is 2.44. The van der Waals surface area contributed by atoms with Gasteiger partial charge in [0.2, 0.25) is 0 Å². The van der Waals surface area contributed by atoms with Crippen molar-refractivity contribution in [2.75, 3.05) is 0 Å². The van der Waals surface area contributed by atoms with E-state index >= 15 is 0 Å². The van der Waals surface area contributed by atoms with Gasteiger partial charge in [0.1, 0.15) is 0 Å². The quantitative estimate of drug-likeness (QED) is 0.138. The van der Waals surface area contributed by atoms with Crippen molar-refractivity contribution in [2.45, 2.75) is 0 Å². The molecule has 0 amide bonds. The molecule has 0 aliphatic heterocycles. The average molecular weight is 613 g/mol. The maximum atomic E-state index is 2.44. The van der Waals surface area contributed by atoms with E-state index in [1.807, 2.05) is 11.3 Å². The molecule has 0 aliphatic carbocycles. The van der Waals surface area contributed by atoms with Crippen LogP contribution in [0.15, 0.2) is 170 Å². The minimum absolute atomic E-state index is 1.25. The van der Waals surface area contributed by atoms with Gasteiger partial charge in [-0.2, -0.15) is 0 Å². The Balaban J connectivity index is 1.23. The molecule has 0 bridgehead atoms. The second kappa shape index (κ2) is 10.4. The van der Waals surface area contributed by atoms with Gasteiger partial charge in [-0.25, -0.2) is 0 Å². The molecule has 0 saturated heterocycles. The number of benzene rings is 9. The molecule has 0 atom stereocenters. The van der Waals surface area contributed by atoms with E-state index in [9.17, 15) is 0 Å². The van der Waals surface area contributed by atoms with Crippen molar-refractivity contribution >= 4 is 74.6 Å². The third-order valence-corrected chi connectivity index (χ3v) is 11.0. The lowest BCUT2D eigenvalue weighted by Gasteiger charge is -2.17. The first-order valence-electron chi connectivity index (χ1n) is 16.2. The molecule has 0 saturated carbocycles.